The lowest BCUT2D eigenvalue weighted by Crippen LogP contribution is -2.61. The maximum Gasteiger partial charge on any atom is 0.303 e. The molecule has 2 N–H and O–H groups in total. The highest BCUT2D eigenvalue weighted by Gasteiger charge is 2.57. The van der Waals surface area contributed by atoms with Crippen LogP contribution < -0.4 is 8.91 Å². The van der Waals surface area contributed by atoms with Gasteiger partial charge in [-0.25, -0.2) is 4.72 Å². The first-order valence-corrected chi connectivity index (χ1v) is 11.7. The van der Waals surface area contributed by atoms with Crippen molar-refractivity contribution >= 4 is 28.8 Å². The third-order valence-corrected chi connectivity index (χ3v) is 7.78. The molecule has 5 atom stereocenters. The zero-order valence-corrected chi connectivity index (χ0v) is 18.5. The normalized spacial score (nSPS) is 28.7. The first-order valence-electron chi connectivity index (χ1n) is 10.3. The third-order valence-electron chi connectivity index (χ3n) is 6.69. The highest BCUT2D eigenvalue weighted by atomic mass is 35.5. The molecule has 29 heavy (non-hydrogen) atoms. The van der Waals surface area contributed by atoms with Gasteiger partial charge in [-0.1, -0.05) is 37.6 Å². The molecule has 0 spiro atoms. The van der Waals surface area contributed by atoms with Crippen LogP contribution in [-0.4, -0.2) is 21.3 Å². The van der Waals surface area contributed by atoms with E-state index in [0.29, 0.717) is 40.4 Å². The second kappa shape index (κ2) is 9.63. The number of allylic oxidation sites excluding steroid dienone is 2. The Morgan fingerprint density at radius 2 is 2.03 bits per heavy atom. The first-order chi connectivity index (χ1) is 13.8. The lowest BCUT2D eigenvalue weighted by molar-refractivity contribution is -0.137. The quantitative estimate of drug-likeness (QED) is 0.391. The van der Waals surface area contributed by atoms with Crippen molar-refractivity contribution in [1.82, 2.24) is 4.72 Å². The van der Waals surface area contributed by atoms with Crippen LogP contribution in [0, 0.1) is 23.2 Å². The first kappa shape index (κ1) is 22.3. The van der Waals surface area contributed by atoms with E-state index >= 15 is 0 Å². The second-order valence-corrected chi connectivity index (χ2v) is 10.1. The van der Waals surface area contributed by atoms with Crippen LogP contribution >= 0.6 is 11.6 Å². The number of nitrogens with one attached hydrogen (secondary N) is 1. The maximum atomic E-state index is 12.5. The number of aliphatic carboxylic acids is 1. The number of fused-ring (bicyclic) bond motifs is 2. The highest BCUT2D eigenvalue weighted by molar-refractivity contribution is 7.78. The van der Waals surface area contributed by atoms with Crippen molar-refractivity contribution in [3.05, 3.63) is 41.4 Å². The number of carboxylic acids is 1. The molecule has 0 amide bonds. The molecule has 3 unspecified atom stereocenters. The minimum Gasteiger partial charge on any atom is -0.481 e. The highest BCUT2D eigenvalue weighted by Crippen LogP contribution is 2.62. The van der Waals surface area contributed by atoms with Gasteiger partial charge in [-0.2, -0.15) is 4.21 Å². The standard InChI is InChI=1S/C22H30ClNO4S/c1-22(2)15-13-19(22)18(7-5-3-4-6-8-21(25)26)20(14-15)24-29(27)28-17-11-9-16(23)10-12-17/h3,5,9-12,15,18-20,24H,4,6-8,13-14H2,1-2H3,(H,25,26)/t15-,18?,19+,20?,29?/m1/s1. The Hall–Kier alpha value is -1.37. The molecule has 0 saturated heterocycles. The van der Waals surface area contributed by atoms with Crippen LogP contribution in [0.3, 0.4) is 0 Å². The van der Waals surface area contributed by atoms with Gasteiger partial charge < -0.3 is 9.29 Å². The fourth-order valence-corrected chi connectivity index (χ4v) is 5.85. The summed E-state index contributed by atoms with van der Waals surface area (Å²) in [5, 5.41) is 9.34. The van der Waals surface area contributed by atoms with Crippen molar-refractivity contribution in [3.63, 3.8) is 0 Å². The van der Waals surface area contributed by atoms with E-state index in [1.54, 1.807) is 24.3 Å². The second-order valence-electron chi connectivity index (χ2n) is 8.75. The van der Waals surface area contributed by atoms with Crippen molar-refractivity contribution in [3.8, 4) is 5.75 Å². The molecular formula is C22H30ClNO4S. The van der Waals surface area contributed by atoms with E-state index in [4.69, 9.17) is 20.9 Å². The predicted octanol–water partition coefficient (Wildman–Crippen LogP) is 5.14. The van der Waals surface area contributed by atoms with Gasteiger partial charge in [-0.3, -0.25) is 4.79 Å². The van der Waals surface area contributed by atoms with E-state index in [1.807, 2.05) is 0 Å². The Bertz CT molecular complexity index is 765. The summed E-state index contributed by atoms with van der Waals surface area (Å²) >= 11 is 4.27. The van der Waals surface area contributed by atoms with Crippen LogP contribution in [0.25, 0.3) is 0 Å². The Morgan fingerprint density at radius 3 is 2.69 bits per heavy atom. The molecular weight excluding hydrogens is 410 g/mol. The van der Waals surface area contributed by atoms with Crippen molar-refractivity contribution in [2.24, 2.45) is 23.2 Å². The lowest BCUT2D eigenvalue weighted by atomic mass is 9.44. The van der Waals surface area contributed by atoms with Gasteiger partial charge in [0, 0.05) is 17.5 Å². The van der Waals surface area contributed by atoms with Gasteiger partial charge in [-0.05, 0) is 79.5 Å². The van der Waals surface area contributed by atoms with E-state index in [9.17, 15) is 9.00 Å². The number of carboxylic acid groups (broad SMARTS) is 1. The SMILES string of the molecule is CC1(C)[C@H]2CC(NS(=O)Oc3ccc(Cl)cc3)C(CC=CCCCC(=O)O)[C@@H]1C2. The molecule has 5 nitrogen and oxygen atoms in total. The molecule has 0 aliphatic heterocycles. The van der Waals surface area contributed by atoms with Crippen LogP contribution in [0.5, 0.6) is 5.75 Å². The van der Waals surface area contributed by atoms with Crippen LogP contribution in [0.15, 0.2) is 36.4 Å². The van der Waals surface area contributed by atoms with E-state index < -0.39 is 17.2 Å². The maximum absolute atomic E-state index is 12.5. The molecule has 3 aliphatic rings. The molecule has 4 rings (SSSR count). The molecule has 7 heteroatoms. The molecule has 3 saturated carbocycles. The fraction of sp³-hybridized carbons (Fsp3) is 0.591. The molecule has 0 radical (unpaired) electrons. The van der Waals surface area contributed by atoms with Gasteiger partial charge in [0.1, 0.15) is 5.75 Å². The topological polar surface area (TPSA) is 75.6 Å². The number of hydrogen-bond acceptors (Lipinski definition) is 3. The summed E-state index contributed by atoms with van der Waals surface area (Å²) in [4.78, 5) is 10.6. The minimum absolute atomic E-state index is 0.142. The van der Waals surface area contributed by atoms with Gasteiger partial charge in [0.2, 0.25) is 0 Å². The minimum atomic E-state index is -1.61. The van der Waals surface area contributed by atoms with Crippen LogP contribution in [0.1, 0.15) is 52.4 Å². The average Bonchev–Trinajstić information content (AvgIpc) is 2.66. The third kappa shape index (κ3) is 5.62. The Kier molecular flexibility index (Phi) is 7.41. The summed E-state index contributed by atoms with van der Waals surface area (Å²) in [6.45, 7) is 4.68. The molecule has 1 aromatic rings. The molecule has 0 aromatic heterocycles. The summed E-state index contributed by atoms with van der Waals surface area (Å²) in [6, 6.07) is 6.99. The van der Waals surface area contributed by atoms with E-state index in [2.05, 4.69) is 30.7 Å². The van der Waals surface area contributed by atoms with Crippen molar-refractivity contribution < 1.29 is 18.3 Å². The summed E-state index contributed by atoms with van der Waals surface area (Å²) in [6.07, 6.45) is 9.02. The fourth-order valence-electron chi connectivity index (χ4n) is 4.88. The monoisotopic (exact) mass is 439 g/mol. The van der Waals surface area contributed by atoms with Gasteiger partial charge in [-0.15, -0.1) is 0 Å². The number of carbonyl (C=O) groups is 1. The van der Waals surface area contributed by atoms with E-state index in [0.717, 1.165) is 19.3 Å². The number of rotatable bonds is 10. The van der Waals surface area contributed by atoms with Crippen molar-refractivity contribution in [2.45, 2.75) is 58.4 Å². The number of unbranched alkanes of at least 4 members (excludes halogenated alkanes) is 1. The van der Waals surface area contributed by atoms with Gasteiger partial charge >= 0.3 is 5.97 Å². The van der Waals surface area contributed by atoms with Crippen LogP contribution in [0.2, 0.25) is 5.02 Å². The molecule has 160 valence electrons. The van der Waals surface area contributed by atoms with Gasteiger partial charge in [0.05, 0.1) is 0 Å². The zero-order valence-electron chi connectivity index (χ0n) is 17.0. The Balaban J connectivity index is 1.57. The number of hydrogen-bond donors (Lipinski definition) is 2. The van der Waals surface area contributed by atoms with Gasteiger partial charge in [0.15, 0.2) is 0 Å². The molecule has 2 bridgehead atoms. The number of halogens is 1. The van der Waals surface area contributed by atoms with E-state index in [-0.39, 0.29) is 12.5 Å². The molecule has 1 aromatic carbocycles. The number of benzene rings is 1. The zero-order chi connectivity index (χ0) is 21.0. The summed E-state index contributed by atoms with van der Waals surface area (Å²) in [5.74, 6) is 1.41. The lowest BCUT2D eigenvalue weighted by Gasteiger charge is -2.62. The van der Waals surface area contributed by atoms with Crippen LogP contribution in [-0.2, 0) is 16.1 Å². The van der Waals surface area contributed by atoms with E-state index in [1.165, 1.54) is 6.42 Å². The molecule has 3 fully saturated rings. The average molecular weight is 440 g/mol. The largest absolute Gasteiger partial charge is 0.481 e. The van der Waals surface area contributed by atoms with Gasteiger partial charge in [0.25, 0.3) is 11.3 Å². The van der Waals surface area contributed by atoms with Crippen LogP contribution in [0.4, 0.5) is 0 Å². The summed E-state index contributed by atoms with van der Waals surface area (Å²) in [7, 11) is 0. The Labute approximate surface area is 180 Å². The summed E-state index contributed by atoms with van der Waals surface area (Å²) in [5.41, 5.74) is 0.318. The summed E-state index contributed by atoms with van der Waals surface area (Å²) < 4.78 is 21.3. The Morgan fingerprint density at radius 1 is 1.31 bits per heavy atom. The molecule has 0 heterocycles. The van der Waals surface area contributed by atoms with Crippen molar-refractivity contribution in [1.29, 1.82) is 0 Å². The van der Waals surface area contributed by atoms with Crippen molar-refractivity contribution in [2.75, 3.05) is 0 Å². The molecule has 3 aliphatic carbocycles. The smallest absolute Gasteiger partial charge is 0.303 e. The predicted molar refractivity (Wildman–Crippen MR) is 116 cm³/mol.